The summed E-state index contributed by atoms with van der Waals surface area (Å²) in [5.41, 5.74) is 6.86. The summed E-state index contributed by atoms with van der Waals surface area (Å²) in [4.78, 5) is 17.5. The van der Waals surface area contributed by atoms with Crippen LogP contribution >= 0.6 is 0 Å². The average Bonchev–Trinajstić information content (AvgIpc) is 3.10. The number of aromatic amines is 1. The summed E-state index contributed by atoms with van der Waals surface area (Å²) in [5.74, 6) is -0.701. The van der Waals surface area contributed by atoms with E-state index in [1.807, 2.05) is 18.3 Å². The zero-order valence-corrected chi connectivity index (χ0v) is 11.0. The number of benzene rings is 1. The number of nitrogens with two attached hydrogens (primary N) is 1. The number of amides is 1. The molecule has 1 saturated heterocycles. The molecule has 104 valence electrons. The minimum Gasteiger partial charge on any atom is -0.396 e. The maximum atomic E-state index is 13.5. The molecular formula is C15H16FN3O. The van der Waals surface area contributed by atoms with E-state index >= 15 is 0 Å². The molecule has 2 heterocycles. The SMILES string of the molecule is Nc1ccc(C(=O)N2CCCC2c2ccc[nH]2)cc1F. The molecule has 1 unspecified atom stereocenters. The van der Waals surface area contributed by atoms with Gasteiger partial charge in [-0.05, 0) is 43.2 Å². The van der Waals surface area contributed by atoms with E-state index in [0.717, 1.165) is 18.5 Å². The van der Waals surface area contributed by atoms with Gasteiger partial charge in [0.1, 0.15) is 5.82 Å². The summed E-state index contributed by atoms with van der Waals surface area (Å²) >= 11 is 0. The van der Waals surface area contributed by atoms with Gasteiger partial charge in [0, 0.05) is 24.0 Å². The number of aromatic nitrogens is 1. The number of carbonyl (C=O) groups excluding carboxylic acids is 1. The molecule has 5 heteroatoms. The molecule has 1 aromatic heterocycles. The van der Waals surface area contributed by atoms with Crippen LogP contribution in [0.2, 0.25) is 0 Å². The Balaban J connectivity index is 1.87. The highest BCUT2D eigenvalue weighted by molar-refractivity contribution is 5.95. The number of carbonyl (C=O) groups is 1. The molecule has 20 heavy (non-hydrogen) atoms. The molecule has 0 bridgehead atoms. The van der Waals surface area contributed by atoms with E-state index in [4.69, 9.17) is 5.73 Å². The number of halogens is 1. The van der Waals surface area contributed by atoms with Crippen LogP contribution in [0.25, 0.3) is 0 Å². The molecule has 2 aromatic rings. The van der Waals surface area contributed by atoms with E-state index in [0.29, 0.717) is 12.1 Å². The predicted octanol–water partition coefficient (Wildman–Crippen LogP) is 2.71. The second kappa shape index (κ2) is 5.00. The second-order valence-electron chi connectivity index (χ2n) is 5.02. The summed E-state index contributed by atoms with van der Waals surface area (Å²) in [6, 6.07) is 8.14. The van der Waals surface area contributed by atoms with Crippen molar-refractivity contribution in [1.29, 1.82) is 0 Å². The third-order valence-electron chi connectivity index (χ3n) is 3.74. The van der Waals surface area contributed by atoms with Crippen LogP contribution in [0, 0.1) is 5.82 Å². The lowest BCUT2D eigenvalue weighted by Crippen LogP contribution is -2.30. The molecular weight excluding hydrogens is 257 g/mol. The fourth-order valence-corrected chi connectivity index (χ4v) is 2.71. The van der Waals surface area contributed by atoms with E-state index in [9.17, 15) is 9.18 Å². The number of nitrogens with zero attached hydrogens (tertiary/aromatic N) is 1. The van der Waals surface area contributed by atoms with Crippen LogP contribution in [-0.2, 0) is 0 Å². The number of H-pyrrole nitrogens is 1. The molecule has 4 nitrogen and oxygen atoms in total. The summed E-state index contributed by atoms with van der Waals surface area (Å²) in [7, 11) is 0. The maximum Gasteiger partial charge on any atom is 0.254 e. The predicted molar refractivity (Wildman–Crippen MR) is 74.6 cm³/mol. The van der Waals surface area contributed by atoms with Crippen molar-refractivity contribution >= 4 is 11.6 Å². The highest BCUT2D eigenvalue weighted by Crippen LogP contribution is 2.32. The number of nitrogens with one attached hydrogen (secondary N) is 1. The smallest absolute Gasteiger partial charge is 0.254 e. The van der Waals surface area contributed by atoms with Gasteiger partial charge in [0.15, 0.2) is 0 Å². The molecule has 0 radical (unpaired) electrons. The normalized spacial score (nSPS) is 18.4. The van der Waals surface area contributed by atoms with Gasteiger partial charge in [-0.1, -0.05) is 0 Å². The number of nitrogen functional groups attached to an aromatic ring is 1. The topological polar surface area (TPSA) is 62.1 Å². The first-order chi connectivity index (χ1) is 9.66. The van der Waals surface area contributed by atoms with Crippen molar-refractivity contribution in [2.24, 2.45) is 0 Å². The van der Waals surface area contributed by atoms with Gasteiger partial charge >= 0.3 is 0 Å². The molecule has 1 fully saturated rings. The van der Waals surface area contributed by atoms with Crippen LogP contribution < -0.4 is 5.73 Å². The van der Waals surface area contributed by atoms with Crippen molar-refractivity contribution in [3.63, 3.8) is 0 Å². The Labute approximate surface area is 116 Å². The molecule has 1 aliphatic heterocycles. The molecule has 0 saturated carbocycles. The Hall–Kier alpha value is -2.30. The van der Waals surface area contributed by atoms with Gasteiger partial charge in [0.25, 0.3) is 5.91 Å². The number of anilines is 1. The quantitative estimate of drug-likeness (QED) is 0.826. The van der Waals surface area contributed by atoms with E-state index < -0.39 is 5.82 Å². The minimum absolute atomic E-state index is 0.0399. The van der Waals surface area contributed by atoms with Crippen LogP contribution in [0.1, 0.15) is 34.9 Å². The first kappa shape index (κ1) is 12.7. The summed E-state index contributed by atoms with van der Waals surface area (Å²) in [5, 5.41) is 0. The van der Waals surface area contributed by atoms with E-state index in [-0.39, 0.29) is 17.6 Å². The van der Waals surface area contributed by atoms with Crippen molar-refractivity contribution in [1.82, 2.24) is 9.88 Å². The van der Waals surface area contributed by atoms with Crippen LogP contribution in [0.4, 0.5) is 10.1 Å². The monoisotopic (exact) mass is 273 g/mol. The number of hydrogen-bond donors (Lipinski definition) is 2. The highest BCUT2D eigenvalue weighted by atomic mass is 19.1. The maximum absolute atomic E-state index is 13.5. The zero-order valence-electron chi connectivity index (χ0n) is 11.0. The van der Waals surface area contributed by atoms with Gasteiger partial charge in [-0.2, -0.15) is 0 Å². The standard InChI is InChI=1S/C15H16FN3O/c16-11-9-10(5-6-12(11)17)15(20)19-8-2-4-14(19)13-3-1-7-18-13/h1,3,5-7,9,14,18H,2,4,8,17H2. The Morgan fingerprint density at radius 2 is 2.25 bits per heavy atom. The molecule has 3 rings (SSSR count). The Bertz CT molecular complexity index is 624. The van der Waals surface area contributed by atoms with Crippen LogP contribution in [0.3, 0.4) is 0 Å². The lowest BCUT2D eigenvalue weighted by Gasteiger charge is -2.24. The number of hydrogen-bond acceptors (Lipinski definition) is 2. The fourth-order valence-electron chi connectivity index (χ4n) is 2.71. The Morgan fingerprint density at radius 3 is 2.95 bits per heavy atom. The Kier molecular flexibility index (Phi) is 3.18. The zero-order chi connectivity index (χ0) is 14.1. The molecule has 1 aromatic carbocycles. The van der Waals surface area contributed by atoms with Crippen molar-refractivity contribution in [2.75, 3.05) is 12.3 Å². The number of rotatable bonds is 2. The lowest BCUT2D eigenvalue weighted by molar-refractivity contribution is 0.0733. The van der Waals surface area contributed by atoms with E-state index in [2.05, 4.69) is 4.98 Å². The largest absolute Gasteiger partial charge is 0.396 e. The third-order valence-corrected chi connectivity index (χ3v) is 3.74. The Morgan fingerprint density at radius 1 is 1.40 bits per heavy atom. The number of likely N-dealkylation sites (tertiary alicyclic amines) is 1. The van der Waals surface area contributed by atoms with Gasteiger partial charge in [-0.25, -0.2) is 4.39 Å². The van der Waals surface area contributed by atoms with Gasteiger partial charge in [-0.15, -0.1) is 0 Å². The summed E-state index contributed by atoms with van der Waals surface area (Å²) in [6.07, 6.45) is 3.72. The average molecular weight is 273 g/mol. The van der Waals surface area contributed by atoms with Crippen molar-refractivity contribution in [3.05, 3.63) is 53.6 Å². The molecule has 1 amide bonds. The van der Waals surface area contributed by atoms with Gasteiger partial charge in [0.05, 0.1) is 11.7 Å². The van der Waals surface area contributed by atoms with Crippen molar-refractivity contribution in [3.8, 4) is 0 Å². The van der Waals surface area contributed by atoms with E-state index in [1.54, 1.807) is 11.0 Å². The lowest BCUT2D eigenvalue weighted by atomic mass is 10.1. The van der Waals surface area contributed by atoms with Crippen LogP contribution in [0.5, 0.6) is 0 Å². The fraction of sp³-hybridized carbons (Fsp3) is 0.267. The summed E-state index contributed by atoms with van der Waals surface area (Å²) < 4.78 is 13.5. The molecule has 3 N–H and O–H groups in total. The molecule has 1 aliphatic rings. The molecule has 0 aliphatic carbocycles. The minimum atomic E-state index is -0.550. The van der Waals surface area contributed by atoms with Gasteiger partial charge in [-0.3, -0.25) is 4.79 Å². The van der Waals surface area contributed by atoms with Gasteiger partial charge < -0.3 is 15.6 Å². The van der Waals surface area contributed by atoms with Crippen molar-refractivity contribution < 1.29 is 9.18 Å². The van der Waals surface area contributed by atoms with Crippen molar-refractivity contribution in [2.45, 2.75) is 18.9 Å². The molecule has 0 spiro atoms. The second-order valence-corrected chi connectivity index (χ2v) is 5.02. The first-order valence-corrected chi connectivity index (χ1v) is 6.66. The first-order valence-electron chi connectivity index (χ1n) is 6.66. The van der Waals surface area contributed by atoms with Crippen LogP contribution in [0.15, 0.2) is 36.5 Å². The van der Waals surface area contributed by atoms with Gasteiger partial charge in [0.2, 0.25) is 0 Å². The van der Waals surface area contributed by atoms with Crippen LogP contribution in [-0.4, -0.2) is 22.3 Å². The third kappa shape index (κ3) is 2.15. The summed E-state index contributed by atoms with van der Waals surface area (Å²) in [6.45, 7) is 0.689. The highest BCUT2D eigenvalue weighted by Gasteiger charge is 2.31. The molecule has 1 atom stereocenters. The van der Waals surface area contributed by atoms with E-state index in [1.165, 1.54) is 12.1 Å².